The van der Waals surface area contributed by atoms with Crippen molar-refractivity contribution in [3.05, 3.63) is 46.0 Å². The molecule has 5 nitrogen and oxygen atoms in total. The van der Waals surface area contributed by atoms with Gasteiger partial charge in [-0.2, -0.15) is 5.10 Å². The van der Waals surface area contributed by atoms with E-state index < -0.39 is 0 Å². The summed E-state index contributed by atoms with van der Waals surface area (Å²) in [5.74, 6) is -0.109. The van der Waals surface area contributed by atoms with E-state index in [4.69, 9.17) is 0 Å². The van der Waals surface area contributed by atoms with Gasteiger partial charge in [0.2, 0.25) is 0 Å². The molecular weight excluding hydrogens is 252 g/mol. The number of nitrogens with zero attached hydrogens (tertiary/aromatic N) is 2. The zero-order valence-electron chi connectivity index (χ0n) is 12.5. The van der Waals surface area contributed by atoms with Crippen LogP contribution in [0.5, 0.6) is 0 Å². The van der Waals surface area contributed by atoms with E-state index in [0.29, 0.717) is 5.56 Å². The van der Waals surface area contributed by atoms with Crippen LogP contribution in [0.1, 0.15) is 51.7 Å². The lowest BCUT2D eigenvalue weighted by atomic mass is 10.1. The standard InChI is InChI=1S/C15H20N4O/c1-8-6-7-13(9(2)16-8)15(20)17-10(3)14-11(4)18-19-12(14)5/h6-7,10H,1-5H3,(H,17,20)(H,18,19)/t10-/m0/s1. The zero-order chi connectivity index (χ0) is 14.9. The number of pyridine rings is 1. The van der Waals surface area contributed by atoms with Crippen LogP contribution in [0.4, 0.5) is 0 Å². The predicted octanol–water partition coefficient (Wildman–Crippen LogP) is 2.53. The monoisotopic (exact) mass is 272 g/mol. The minimum Gasteiger partial charge on any atom is -0.345 e. The topological polar surface area (TPSA) is 70.7 Å². The lowest BCUT2D eigenvalue weighted by molar-refractivity contribution is 0.0938. The molecule has 2 rings (SSSR count). The Labute approximate surface area is 118 Å². The third kappa shape index (κ3) is 2.71. The maximum absolute atomic E-state index is 12.3. The van der Waals surface area contributed by atoms with Crippen LogP contribution in [-0.4, -0.2) is 21.1 Å². The summed E-state index contributed by atoms with van der Waals surface area (Å²) in [5.41, 5.74) is 5.20. The Kier molecular flexibility index (Phi) is 3.88. The number of carbonyl (C=O) groups is 1. The van der Waals surface area contributed by atoms with Gasteiger partial charge in [-0.1, -0.05) is 0 Å². The fourth-order valence-electron chi connectivity index (χ4n) is 2.47. The van der Waals surface area contributed by atoms with Crippen LogP contribution in [0.2, 0.25) is 0 Å². The molecule has 2 heterocycles. The van der Waals surface area contributed by atoms with Crippen LogP contribution in [0, 0.1) is 27.7 Å². The van der Waals surface area contributed by atoms with Gasteiger partial charge < -0.3 is 5.32 Å². The van der Waals surface area contributed by atoms with E-state index in [1.807, 2.05) is 46.8 Å². The number of carbonyl (C=O) groups excluding carboxylic acids is 1. The summed E-state index contributed by atoms with van der Waals surface area (Å²) in [4.78, 5) is 16.6. The highest BCUT2D eigenvalue weighted by Crippen LogP contribution is 2.19. The summed E-state index contributed by atoms with van der Waals surface area (Å²) < 4.78 is 0. The molecule has 106 valence electrons. The SMILES string of the molecule is Cc1ccc(C(=O)N[C@@H](C)c2c(C)n[nH]c2C)c(C)n1. The molecule has 1 atom stereocenters. The van der Waals surface area contributed by atoms with Gasteiger partial charge >= 0.3 is 0 Å². The number of hydrogen-bond acceptors (Lipinski definition) is 3. The minimum atomic E-state index is -0.109. The van der Waals surface area contributed by atoms with Crippen LogP contribution in [0.3, 0.4) is 0 Å². The van der Waals surface area contributed by atoms with E-state index in [9.17, 15) is 4.79 Å². The first kappa shape index (κ1) is 14.2. The van der Waals surface area contributed by atoms with Crippen molar-refractivity contribution in [2.24, 2.45) is 0 Å². The van der Waals surface area contributed by atoms with Crippen molar-refractivity contribution in [1.29, 1.82) is 0 Å². The van der Waals surface area contributed by atoms with Gasteiger partial charge in [-0.25, -0.2) is 0 Å². The number of nitrogens with one attached hydrogen (secondary N) is 2. The van der Waals surface area contributed by atoms with E-state index >= 15 is 0 Å². The molecule has 2 aromatic heterocycles. The summed E-state index contributed by atoms with van der Waals surface area (Å²) >= 11 is 0. The normalized spacial score (nSPS) is 12.2. The number of hydrogen-bond donors (Lipinski definition) is 2. The molecule has 1 amide bonds. The maximum Gasteiger partial charge on any atom is 0.253 e. The summed E-state index contributed by atoms with van der Waals surface area (Å²) in [5, 5.41) is 10.1. The van der Waals surface area contributed by atoms with Crippen LogP contribution in [0.25, 0.3) is 0 Å². The van der Waals surface area contributed by atoms with E-state index in [1.54, 1.807) is 0 Å². The quantitative estimate of drug-likeness (QED) is 0.902. The lowest BCUT2D eigenvalue weighted by Crippen LogP contribution is -2.28. The number of aryl methyl sites for hydroxylation is 4. The molecule has 2 aromatic rings. The second-order valence-corrected chi connectivity index (χ2v) is 5.13. The smallest absolute Gasteiger partial charge is 0.253 e. The highest BCUT2D eigenvalue weighted by Gasteiger charge is 2.18. The van der Waals surface area contributed by atoms with Crippen molar-refractivity contribution in [1.82, 2.24) is 20.5 Å². The number of aromatic amines is 1. The van der Waals surface area contributed by atoms with Gasteiger partial charge in [-0.15, -0.1) is 0 Å². The van der Waals surface area contributed by atoms with Gasteiger partial charge in [0.15, 0.2) is 0 Å². The van der Waals surface area contributed by atoms with Gasteiger partial charge in [0.25, 0.3) is 5.91 Å². The average Bonchev–Trinajstić information content (AvgIpc) is 2.68. The minimum absolute atomic E-state index is 0.0954. The van der Waals surface area contributed by atoms with Crippen LogP contribution < -0.4 is 5.32 Å². The van der Waals surface area contributed by atoms with E-state index in [1.165, 1.54) is 0 Å². The summed E-state index contributed by atoms with van der Waals surface area (Å²) in [6.07, 6.45) is 0. The second-order valence-electron chi connectivity index (χ2n) is 5.13. The molecule has 0 saturated carbocycles. The number of rotatable bonds is 3. The Hall–Kier alpha value is -2.17. The lowest BCUT2D eigenvalue weighted by Gasteiger charge is -2.15. The molecule has 0 spiro atoms. The van der Waals surface area contributed by atoms with E-state index in [2.05, 4.69) is 20.5 Å². The average molecular weight is 272 g/mol. The second kappa shape index (κ2) is 5.45. The summed E-state index contributed by atoms with van der Waals surface area (Å²) in [7, 11) is 0. The van der Waals surface area contributed by atoms with E-state index in [-0.39, 0.29) is 11.9 Å². The fraction of sp³-hybridized carbons (Fsp3) is 0.400. The Morgan fingerprint density at radius 2 is 1.90 bits per heavy atom. The van der Waals surface area contributed by atoms with Gasteiger partial charge in [0, 0.05) is 17.0 Å². The first-order valence-electron chi connectivity index (χ1n) is 6.66. The number of H-pyrrole nitrogens is 1. The van der Waals surface area contributed by atoms with Gasteiger partial charge in [0.1, 0.15) is 0 Å². The number of amides is 1. The van der Waals surface area contributed by atoms with Crippen molar-refractivity contribution < 1.29 is 4.79 Å². The van der Waals surface area contributed by atoms with Gasteiger partial charge in [-0.3, -0.25) is 14.9 Å². The molecule has 0 radical (unpaired) electrons. The molecule has 0 aromatic carbocycles. The van der Waals surface area contributed by atoms with Crippen LogP contribution in [-0.2, 0) is 0 Å². The largest absolute Gasteiger partial charge is 0.345 e. The zero-order valence-corrected chi connectivity index (χ0v) is 12.5. The third-order valence-electron chi connectivity index (χ3n) is 3.44. The molecule has 0 aliphatic rings. The molecule has 0 saturated heterocycles. The summed E-state index contributed by atoms with van der Waals surface area (Å²) in [6, 6.07) is 3.57. The van der Waals surface area contributed by atoms with Crippen molar-refractivity contribution in [2.75, 3.05) is 0 Å². The van der Waals surface area contributed by atoms with Crippen LogP contribution >= 0.6 is 0 Å². The van der Waals surface area contributed by atoms with E-state index in [0.717, 1.165) is 28.3 Å². The molecular formula is C15H20N4O. The van der Waals surface area contributed by atoms with Crippen molar-refractivity contribution in [2.45, 2.75) is 40.7 Å². The number of aromatic nitrogens is 3. The highest BCUT2D eigenvalue weighted by atomic mass is 16.1. The molecule has 5 heteroatoms. The maximum atomic E-state index is 12.3. The Morgan fingerprint density at radius 3 is 2.45 bits per heavy atom. The molecule has 0 bridgehead atoms. The molecule has 0 fully saturated rings. The first-order chi connectivity index (χ1) is 9.40. The molecule has 2 N–H and O–H groups in total. The Morgan fingerprint density at radius 1 is 1.20 bits per heavy atom. The van der Waals surface area contributed by atoms with Crippen molar-refractivity contribution in [3.63, 3.8) is 0 Å². The summed E-state index contributed by atoms with van der Waals surface area (Å²) in [6.45, 7) is 9.60. The molecule has 0 aliphatic carbocycles. The molecule has 0 unspecified atom stereocenters. The Balaban J connectivity index is 2.19. The molecule has 0 aliphatic heterocycles. The Bertz CT molecular complexity index is 626. The first-order valence-corrected chi connectivity index (χ1v) is 6.66. The molecule has 20 heavy (non-hydrogen) atoms. The van der Waals surface area contributed by atoms with Crippen LogP contribution in [0.15, 0.2) is 12.1 Å². The predicted molar refractivity (Wildman–Crippen MR) is 77.7 cm³/mol. The fourth-order valence-corrected chi connectivity index (χ4v) is 2.47. The van der Waals surface area contributed by atoms with Gasteiger partial charge in [0.05, 0.1) is 23.0 Å². The highest BCUT2D eigenvalue weighted by molar-refractivity contribution is 5.95. The van der Waals surface area contributed by atoms with Crippen molar-refractivity contribution >= 4 is 5.91 Å². The third-order valence-corrected chi connectivity index (χ3v) is 3.44. The van der Waals surface area contributed by atoms with Gasteiger partial charge in [-0.05, 0) is 46.8 Å². The van der Waals surface area contributed by atoms with Crippen molar-refractivity contribution in [3.8, 4) is 0 Å².